The van der Waals surface area contributed by atoms with Gasteiger partial charge in [-0.2, -0.15) is 0 Å². The van der Waals surface area contributed by atoms with Crippen LogP contribution in [-0.4, -0.2) is 24.3 Å². The number of aliphatic hydroxyl groups is 1. The highest BCUT2D eigenvalue weighted by molar-refractivity contribution is 5.68. The molecule has 2 rings (SSSR count). The van der Waals surface area contributed by atoms with Gasteiger partial charge in [-0.1, -0.05) is 0 Å². The Labute approximate surface area is 98.8 Å². The third-order valence-electron chi connectivity index (χ3n) is 3.32. The summed E-state index contributed by atoms with van der Waals surface area (Å²) in [5.74, 6) is -1.72. The van der Waals surface area contributed by atoms with Crippen molar-refractivity contribution in [3.8, 4) is 0 Å². The molecule has 2 atom stereocenters. The van der Waals surface area contributed by atoms with E-state index in [1.165, 1.54) is 6.07 Å². The van der Waals surface area contributed by atoms with Crippen LogP contribution in [0.2, 0.25) is 0 Å². The Morgan fingerprint density at radius 2 is 2.18 bits per heavy atom. The van der Waals surface area contributed by atoms with Crippen molar-refractivity contribution >= 4 is 11.4 Å². The van der Waals surface area contributed by atoms with Gasteiger partial charge < -0.3 is 15.7 Å². The minimum atomic E-state index is -0.906. The topological polar surface area (TPSA) is 49.5 Å². The first-order valence-electron chi connectivity index (χ1n) is 5.67. The van der Waals surface area contributed by atoms with Gasteiger partial charge in [0.05, 0.1) is 17.5 Å². The van der Waals surface area contributed by atoms with Crippen LogP contribution in [0.3, 0.4) is 0 Å². The fraction of sp³-hybridized carbons (Fsp3) is 0.500. The number of benzene rings is 1. The molecule has 0 bridgehead atoms. The average Bonchev–Trinajstić information content (AvgIpc) is 2.73. The summed E-state index contributed by atoms with van der Waals surface area (Å²) >= 11 is 0. The molecule has 0 spiro atoms. The van der Waals surface area contributed by atoms with E-state index >= 15 is 0 Å². The van der Waals surface area contributed by atoms with Gasteiger partial charge in [-0.25, -0.2) is 8.78 Å². The van der Waals surface area contributed by atoms with Gasteiger partial charge in [-0.05, 0) is 25.5 Å². The first kappa shape index (κ1) is 12.1. The molecule has 3 nitrogen and oxygen atoms in total. The van der Waals surface area contributed by atoms with Crippen LogP contribution in [0, 0.1) is 17.6 Å². The van der Waals surface area contributed by atoms with Crippen LogP contribution >= 0.6 is 0 Å². The quantitative estimate of drug-likeness (QED) is 0.777. The zero-order valence-corrected chi connectivity index (χ0v) is 9.66. The van der Waals surface area contributed by atoms with E-state index in [1.54, 1.807) is 11.8 Å². The van der Waals surface area contributed by atoms with E-state index in [-0.39, 0.29) is 17.3 Å². The molecule has 5 heteroatoms. The number of nitrogens with zero attached hydrogens (tertiary/aromatic N) is 1. The summed E-state index contributed by atoms with van der Waals surface area (Å²) in [6.07, 6.45) is 0.311. The molecule has 1 fully saturated rings. The molecule has 0 amide bonds. The fourth-order valence-corrected chi connectivity index (χ4v) is 2.26. The zero-order chi connectivity index (χ0) is 12.6. The highest BCUT2D eigenvalue weighted by Crippen LogP contribution is 2.33. The molecule has 1 aromatic rings. The van der Waals surface area contributed by atoms with Crippen LogP contribution < -0.4 is 10.6 Å². The van der Waals surface area contributed by atoms with Crippen LogP contribution in [0.4, 0.5) is 20.2 Å². The highest BCUT2D eigenvalue weighted by atomic mass is 19.2. The molecule has 1 aliphatic heterocycles. The number of hydrogen-bond donors (Lipinski definition) is 2. The lowest BCUT2D eigenvalue weighted by Gasteiger charge is -2.22. The molecule has 0 radical (unpaired) electrons. The maximum Gasteiger partial charge on any atom is 0.184 e. The highest BCUT2D eigenvalue weighted by Gasteiger charge is 2.29. The Kier molecular flexibility index (Phi) is 3.19. The summed E-state index contributed by atoms with van der Waals surface area (Å²) in [4.78, 5) is 1.70. The van der Waals surface area contributed by atoms with E-state index in [9.17, 15) is 13.9 Å². The van der Waals surface area contributed by atoms with E-state index in [0.29, 0.717) is 13.1 Å². The zero-order valence-electron chi connectivity index (χ0n) is 9.66. The Bertz CT molecular complexity index is 423. The van der Waals surface area contributed by atoms with Crippen LogP contribution in [0.25, 0.3) is 0 Å². The normalized spacial score (nSPS) is 21.9. The molecule has 1 aliphatic rings. The van der Waals surface area contributed by atoms with Crippen molar-refractivity contribution in [1.82, 2.24) is 0 Å². The summed E-state index contributed by atoms with van der Waals surface area (Å²) in [5.41, 5.74) is 6.03. The molecule has 0 aromatic heterocycles. The Morgan fingerprint density at radius 3 is 2.76 bits per heavy atom. The van der Waals surface area contributed by atoms with Gasteiger partial charge in [-0.3, -0.25) is 0 Å². The SMILES string of the molecule is CC(O)C1CCN(c2c(N)ccc(F)c2F)C1. The van der Waals surface area contributed by atoms with Crippen molar-refractivity contribution in [2.24, 2.45) is 5.92 Å². The lowest BCUT2D eigenvalue weighted by molar-refractivity contribution is 0.136. The first-order chi connectivity index (χ1) is 8.00. The van der Waals surface area contributed by atoms with Gasteiger partial charge in [0.2, 0.25) is 0 Å². The van der Waals surface area contributed by atoms with Gasteiger partial charge in [0.25, 0.3) is 0 Å². The van der Waals surface area contributed by atoms with Crippen LogP contribution in [0.5, 0.6) is 0 Å². The van der Waals surface area contributed by atoms with Crippen LogP contribution in [0.1, 0.15) is 13.3 Å². The largest absolute Gasteiger partial charge is 0.397 e. The molecular weight excluding hydrogens is 226 g/mol. The molecular formula is C12H16F2N2O. The van der Waals surface area contributed by atoms with Crippen LogP contribution in [-0.2, 0) is 0 Å². The average molecular weight is 242 g/mol. The summed E-state index contributed by atoms with van der Waals surface area (Å²) in [6.45, 7) is 2.79. The summed E-state index contributed by atoms with van der Waals surface area (Å²) < 4.78 is 26.8. The predicted octanol–water partition coefficient (Wildman–Crippen LogP) is 1.75. The summed E-state index contributed by atoms with van der Waals surface area (Å²) in [6, 6.07) is 2.39. The Morgan fingerprint density at radius 1 is 1.47 bits per heavy atom. The van der Waals surface area contributed by atoms with Crippen LogP contribution in [0.15, 0.2) is 12.1 Å². The van der Waals surface area contributed by atoms with E-state index in [0.717, 1.165) is 12.5 Å². The third kappa shape index (κ3) is 2.20. The number of anilines is 2. The molecule has 94 valence electrons. The van der Waals surface area contributed by atoms with Gasteiger partial charge in [0.15, 0.2) is 11.6 Å². The molecule has 1 aromatic carbocycles. The Hall–Kier alpha value is -1.36. The molecule has 1 saturated heterocycles. The minimum absolute atomic E-state index is 0.0806. The second-order valence-electron chi connectivity index (χ2n) is 4.53. The van der Waals surface area contributed by atoms with Gasteiger partial charge in [-0.15, -0.1) is 0 Å². The summed E-state index contributed by atoms with van der Waals surface area (Å²) in [7, 11) is 0. The lowest BCUT2D eigenvalue weighted by atomic mass is 10.0. The monoisotopic (exact) mass is 242 g/mol. The third-order valence-corrected chi connectivity index (χ3v) is 3.32. The van der Waals surface area contributed by atoms with Gasteiger partial charge >= 0.3 is 0 Å². The number of halogens is 2. The van der Waals surface area contributed by atoms with E-state index < -0.39 is 17.7 Å². The van der Waals surface area contributed by atoms with Gasteiger partial charge in [0.1, 0.15) is 0 Å². The van der Waals surface area contributed by atoms with Crippen molar-refractivity contribution in [3.63, 3.8) is 0 Å². The number of aliphatic hydroxyl groups excluding tert-OH is 1. The van der Waals surface area contributed by atoms with Gasteiger partial charge in [0, 0.05) is 19.0 Å². The van der Waals surface area contributed by atoms with E-state index in [4.69, 9.17) is 5.73 Å². The fourth-order valence-electron chi connectivity index (χ4n) is 2.26. The molecule has 0 aliphatic carbocycles. The number of rotatable bonds is 2. The molecule has 2 unspecified atom stereocenters. The van der Waals surface area contributed by atoms with Crippen molar-refractivity contribution in [2.45, 2.75) is 19.4 Å². The maximum atomic E-state index is 13.7. The molecule has 3 N–H and O–H groups in total. The van der Waals surface area contributed by atoms with Crippen molar-refractivity contribution < 1.29 is 13.9 Å². The standard InChI is InChI=1S/C12H16F2N2O/c1-7(17)8-4-5-16(6-8)12-10(15)3-2-9(13)11(12)14/h2-3,7-8,17H,4-6,15H2,1H3. The second-order valence-corrected chi connectivity index (χ2v) is 4.53. The Balaban J connectivity index is 2.27. The number of nitrogens with two attached hydrogens (primary N) is 1. The number of nitrogen functional groups attached to an aromatic ring is 1. The van der Waals surface area contributed by atoms with E-state index in [1.807, 2.05) is 0 Å². The minimum Gasteiger partial charge on any atom is -0.397 e. The van der Waals surface area contributed by atoms with Crippen molar-refractivity contribution in [3.05, 3.63) is 23.8 Å². The predicted molar refractivity (Wildman–Crippen MR) is 62.8 cm³/mol. The van der Waals surface area contributed by atoms with E-state index in [2.05, 4.69) is 0 Å². The van der Waals surface area contributed by atoms with Crippen molar-refractivity contribution in [2.75, 3.05) is 23.7 Å². The molecule has 0 saturated carbocycles. The number of hydrogen-bond acceptors (Lipinski definition) is 3. The lowest BCUT2D eigenvalue weighted by Crippen LogP contribution is -2.25. The smallest absolute Gasteiger partial charge is 0.184 e. The maximum absolute atomic E-state index is 13.7. The molecule has 1 heterocycles. The summed E-state index contributed by atoms with van der Waals surface area (Å²) in [5, 5.41) is 9.48. The molecule has 17 heavy (non-hydrogen) atoms. The first-order valence-corrected chi connectivity index (χ1v) is 5.67. The second kappa shape index (κ2) is 4.49. The van der Waals surface area contributed by atoms with Crippen molar-refractivity contribution in [1.29, 1.82) is 0 Å².